The number of carboxylic acids is 1. The molecule has 0 aliphatic heterocycles. The van der Waals surface area contributed by atoms with Gasteiger partial charge >= 0.3 is 5.97 Å². The fourth-order valence-corrected chi connectivity index (χ4v) is 1.14. The van der Waals surface area contributed by atoms with Gasteiger partial charge in [-0.2, -0.15) is 0 Å². The lowest BCUT2D eigenvalue weighted by atomic mass is 10.0. The van der Waals surface area contributed by atoms with E-state index in [1.54, 1.807) is 13.0 Å². The predicted molar refractivity (Wildman–Crippen MR) is 50.3 cm³/mol. The first-order chi connectivity index (χ1) is 6.50. The van der Waals surface area contributed by atoms with Gasteiger partial charge < -0.3 is 15.3 Å². The zero-order valence-corrected chi connectivity index (χ0v) is 7.77. The van der Waals surface area contributed by atoms with E-state index in [9.17, 15) is 4.79 Å². The van der Waals surface area contributed by atoms with Crippen molar-refractivity contribution in [3.63, 3.8) is 0 Å². The van der Waals surface area contributed by atoms with Gasteiger partial charge in [0.2, 0.25) is 0 Å². The van der Waals surface area contributed by atoms with Crippen molar-refractivity contribution in [2.75, 3.05) is 0 Å². The lowest BCUT2D eigenvalue weighted by Gasteiger charge is -2.06. The summed E-state index contributed by atoms with van der Waals surface area (Å²) in [5.74, 6) is -1.80. The Morgan fingerprint density at radius 3 is 2.50 bits per heavy atom. The van der Waals surface area contributed by atoms with Crippen molar-refractivity contribution in [2.24, 2.45) is 5.92 Å². The Kier molecular flexibility index (Phi) is 2.96. The summed E-state index contributed by atoms with van der Waals surface area (Å²) in [6.45, 7) is 1.59. The topological polar surface area (TPSA) is 77.8 Å². The van der Waals surface area contributed by atoms with E-state index in [4.69, 9.17) is 15.3 Å². The summed E-state index contributed by atoms with van der Waals surface area (Å²) < 4.78 is 0. The molecule has 0 aromatic heterocycles. The molecule has 0 bridgehead atoms. The highest BCUT2D eigenvalue weighted by Crippen LogP contribution is 2.25. The zero-order valence-electron chi connectivity index (χ0n) is 7.77. The van der Waals surface area contributed by atoms with Crippen molar-refractivity contribution in [3.8, 4) is 11.5 Å². The van der Waals surface area contributed by atoms with E-state index >= 15 is 0 Å². The second-order valence-electron chi connectivity index (χ2n) is 3.27. The van der Waals surface area contributed by atoms with E-state index in [0.29, 0.717) is 12.0 Å². The number of benzene rings is 1. The molecule has 0 spiro atoms. The summed E-state index contributed by atoms with van der Waals surface area (Å²) >= 11 is 0. The molecule has 1 rings (SSSR count). The monoisotopic (exact) mass is 196 g/mol. The normalized spacial score (nSPS) is 12.4. The van der Waals surface area contributed by atoms with Gasteiger partial charge in [-0.3, -0.25) is 4.79 Å². The second-order valence-corrected chi connectivity index (χ2v) is 3.27. The molecule has 0 saturated carbocycles. The van der Waals surface area contributed by atoms with E-state index in [1.165, 1.54) is 12.1 Å². The average Bonchev–Trinajstić information content (AvgIpc) is 2.11. The van der Waals surface area contributed by atoms with Crippen molar-refractivity contribution in [3.05, 3.63) is 23.8 Å². The standard InChI is InChI=1S/C10H12O4/c1-6(10(13)14)4-7-2-3-8(11)9(12)5-7/h2-3,5-6,11-12H,4H2,1H3,(H,13,14)/t6-/m0/s1. The molecule has 0 unspecified atom stereocenters. The molecule has 3 N–H and O–H groups in total. The maximum atomic E-state index is 10.5. The van der Waals surface area contributed by atoms with Crippen LogP contribution in [0.5, 0.6) is 11.5 Å². The summed E-state index contributed by atoms with van der Waals surface area (Å²) in [7, 11) is 0. The smallest absolute Gasteiger partial charge is 0.306 e. The van der Waals surface area contributed by atoms with Crippen molar-refractivity contribution in [1.82, 2.24) is 0 Å². The minimum absolute atomic E-state index is 0.197. The number of hydrogen-bond donors (Lipinski definition) is 3. The summed E-state index contributed by atoms with van der Waals surface area (Å²) in [6, 6.07) is 4.31. The summed E-state index contributed by atoms with van der Waals surface area (Å²) in [4.78, 5) is 10.5. The lowest BCUT2D eigenvalue weighted by Crippen LogP contribution is -2.12. The van der Waals surface area contributed by atoms with Gasteiger partial charge in [0.05, 0.1) is 5.92 Å². The predicted octanol–water partition coefficient (Wildman–Crippen LogP) is 1.36. The lowest BCUT2D eigenvalue weighted by molar-refractivity contribution is -0.141. The Bertz CT molecular complexity index is 346. The molecule has 0 aliphatic carbocycles. The Hall–Kier alpha value is -1.71. The molecule has 4 heteroatoms. The van der Waals surface area contributed by atoms with Crippen molar-refractivity contribution < 1.29 is 20.1 Å². The molecule has 0 heterocycles. The average molecular weight is 196 g/mol. The highest BCUT2D eigenvalue weighted by molar-refractivity contribution is 5.69. The van der Waals surface area contributed by atoms with Crippen molar-refractivity contribution >= 4 is 5.97 Å². The third kappa shape index (κ3) is 2.39. The van der Waals surface area contributed by atoms with Crippen LogP contribution in [-0.4, -0.2) is 21.3 Å². The molecule has 14 heavy (non-hydrogen) atoms. The fraction of sp³-hybridized carbons (Fsp3) is 0.300. The first-order valence-electron chi connectivity index (χ1n) is 4.24. The van der Waals surface area contributed by atoms with Crippen LogP contribution in [0.1, 0.15) is 12.5 Å². The van der Waals surface area contributed by atoms with Gasteiger partial charge in [-0.05, 0) is 24.1 Å². The van der Waals surface area contributed by atoms with E-state index in [0.717, 1.165) is 0 Å². The van der Waals surface area contributed by atoms with Gasteiger partial charge in [-0.15, -0.1) is 0 Å². The molecule has 0 amide bonds. The van der Waals surface area contributed by atoms with Gasteiger partial charge in [-0.1, -0.05) is 13.0 Å². The maximum Gasteiger partial charge on any atom is 0.306 e. The van der Waals surface area contributed by atoms with Crippen LogP contribution in [0.2, 0.25) is 0 Å². The van der Waals surface area contributed by atoms with E-state index in [-0.39, 0.29) is 11.5 Å². The minimum atomic E-state index is -0.877. The molecule has 0 saturated heterocycles. The summed E-state index contributed by atoms with van der Waals surface area (Å²) in [6.07, 6.45) is 0.336. The number of rotatable bonds is 3. The first-order valence-corrected chi connectivity index (χ1v) is 4.24. The first kappa shape index (κ1) is 10.4. The van der Waals surface area contributed by atoms with E-state index in [1.807, 2.05) is 0 Å². The highest BCUT2D eigenvalue weighted by atomic mass is 16.4. The molecular weight excluding hydrogens is 184 g/mol. The molecule has 4 nitrogen and oxygen atoms in total. The molecule has 0 fully saturated rings. The van der Waals surface area contributed by atoms with E-state index < -0.39 is 11.9 Å². The number of phenolic OH excluding ortho intramolecular Hbond substituents is 2. The van der Waals surface area contributed by atoms with Crippen LogP contribution in [0.15, 0.2) is 18.2 Å². The fourth-order valence-electron chi connectivity index (χ4n) is 1.14. The molecule has 76 valence electrons. The van der Waals surface area contributed by atoms with Gasteiger partial charge in [-0.25, -0.2) is 0 Å². The number of aromatic hydroxyl groups is 2. The zero-order chi connectivity index (χ0) is 10.7. The van der Waals surface area contributed by atoms with Crippen LogP contribution in [-0.2, 0) is 11.2 Å². The van der Waals surface area contributed by atoms with Crippen LogP contribution in [0.25, 0.3) is 0 Å². The Morgan fingerprint density at radius 2 is 2.00 bits per heavy atom. The van der Waals surface area contributed by atoms with E-state index in [2.05, 4.69) is 0 Å². The van der Waals surface area contributed by atoms with Gasteiger partial charge in [0, 0.05) is 0 Å². The molecule has 1 atom stereocenters. The van der Waals surface area contributed by atoms with Crippen LogP contribution >= 0.6 is 0 Å². The summed E-state index contributed by atoms with van der Waals surface area (Å²) in [5, 5.41) is 26.8. The summed E-state index contributed by atoms with van der Waals surface area (Å²) in [5.41, 5.74) is 0.690. The van der Waals surface area contributed by atoms with Crippen LogP contribution in [0, 0.1) is 5.92 Å². The van der Waals surface area contributed by atoms with Gasteiger partial charge in [0.25, 0.3) is 0 Å². The Balaban J connectivity index is 2.78. The third-order valence-electron chi connectivity index (χ3n) is 2.00. The number of phenols is 2. The van der Waals surface area contributed by atoms with Crippen LogP contribution < -0.4 is 0 Å². The molecule has 1 aromatic carbocycles. The number of carbonyl (C=O) groups is 1. The second kappa shape index (κ2) is 4.00. The third-order valence-corrected chi connectivity index (χ3v) is 2.00. The van der Waals surface area contributed by atoms with Crippen LogP contribution in [0.3, 0.4) is 0 Å². The van der Waals surface area contributed by atoms with Crippen LogP contribution in [0.4, 0.5) is 0 Å². The molecule has 1 aromatic rings. The SMILES string of the molecule is C[C@@H](Cc1ccc(O)c(O)c1)C(=O)O. The largest absolute Gasteiger partial charge is 0.504 e. The van der Waals surface area contributed by atoms with Gasteiger partial charge in [0.15, 0.2) is 11.5 Å². The minimum Gasteiger partial charge on any atom is -0.504 e. The van der Waals surface area contributed by atoms with Crippen molar-refractivity contribution in [2.45, 2.75) is 13.3 Å². The molecule has 0 aliphatic rings. The number of carboxylic acid groups (broad SMARTS) is 1. The van der Waals surface area contributed by atoms with Crippen molar-refractivity contribution in [1.29, 1.82) is 0 Å². The molecule has 0 radical (unpaired) electrons. The maximum absolute atomic E-state index is 10.5. The highest BCUT2D eigenvalue weighted by Gasteiger charge is 2.12. The van der Waals surface area contributed by atoms with Gasteiger partial charge in [0.1, 0.15) is 0 Å². The Morgan fingerprint density at radius 1 is 1.36 bits per heavy atom. The number of hydrogen-bond acceptors (Lipinski definition) is 3. The molecular formula is C10H12O4. The number of aliphatic carboxylic acids is 1. The Labute approximate surface area is 81.4 Å². The quantitative estimate of drug-likeness (QED) is 0.638.